The van der Waals surface area contributed by atoms with E-state index in [0.29, 0.717) is 0 Å². The summed E-state index contributed by atoms with van der Waals surface area (Å²) in [7, 11) is 0. The lowest BCUT2D eigenvalue weighted by molar-refractivity contribution is 1.43. The lowest BCUT2D eigenvalue weighted by Crippen LogP contribution is -2.07. The largest absolute Gasteiger partial charge is 0.355 e. The highest BCUT2D eigenvalue weighted by molar-refractivity contribution is 5.93. The van der Waals surface area contributed by atoms with Gasteiger partial charge in [-0.15, -0.1) is 0 Å². The van der Waals surface area contributed by atoms with Crippen molar-refractivity contribution >= 4 is 45.5 Å². The molecule has 136 valence electrons. The second-order valence-corrected chi connectivity index (χ2v) is 6.75. The van der Waals surface area contributed by atoms with Crippen LogP contribution in [-0.4, -0.2) is 0 Å². The summed E-state index contributed by atoms with van der Waals surface area (Å²) in [6.45, 7) is 0. The van der Waals surface area contributed by atoms with Gasteiger partial charge in [0.05, 0.1) is 22.7 Å². The van der Waals surface area contributed by atoms with Crippen molar-refractivity contribution in [3.63, 3.8) is 0 Å². The number of fused-ring (bicyclic) bond motifs is 2. The summed E-state index contributed by atoms with van der Waals surface area (Å²) in [5.74, 6) is 0. The molecule has 4 N–H and O–H groups in total. The van der Waals surface area contributed by atoms with Crippen molar-refractivity contribution in [3.05, 3.63) is 97.1 Å². The molecule has 0 amide bonds. The number of nitrogens with one attached hydrogen (secondary N) is 4. The van der Waals surface area contributed by atoms with E-state index < -0.39 is 0 Å². The van der Waals surface area contributed by atoms with Gasteiger partial charge in [-0.3, -0.25) is 0 Å². The highest BCUT2D eigenvalue weighted by atomic mass is 15.0. The molecule has 5 rings (SSSR count). The molecular weight excluding hydrogens is 344 g/mol. The fraction of sp³-hybridized carbons (Fsp3) is 0. The van der Waals surface area contributed by atoms with E-state index in [4.69, 9.17) is 0 Å². The van der Waals surface area contributed by atoms with Gasteiger partial charge in [0.25, 0.3) is 0 Å². The van der Waals surface area contributed by atoms with Crippen molar-refractivity contribution in [1.29, 1.82) is 0 Å². The molecule has 0 aliphatic carbocycles. The van der Waals surface area contributed by atoms with E-state index >= 15 is 0 Å². The Balaban J connectivity index is 1.39. The van der Waals surface area contributed by atoms with Gasteiger partial charge in [-0.05, 0) is 60.7 Å². The summed E-state index contributed by atoms with van der Waals surface area (Å²) in [4.78, 5) is 0. The van der Waals surface area contributed by atoms with Gasteiger partial charge in [0.2, 0.25) is 0 Å². The lowest BCUT2D eigenvalue weighted by Gasteiger charge is -2.24. The molecule has 0 saturated carbocycles. The number of para-hydroxylation sites is 2. The van der Waals surface area contributed by atoms with Crippen LogP contribution in [0.4, 0.5) is 45.5 Å². The van der Waals surface area contributed by atoms with Crippen LogP contribution in [0.1, 0.15) is 0 Å². The molecular formula is C24H20N4. The van der Waals surface area contributed by atoms with E-state index in [1.807, 2.05) is 36.4 Å². The van der Waals surface area contributed by atoms with Gasteiger partial charge in [-0.2, -0.15) is 0 Å². The van der Waals surface area contributed by atoms with Crippen LogP contribution in [0.25, 0.3) is 0 Å². The summed E-state index contributed by atoms with van der Waals surface area (Å²) in [5, 5.41) is 13.9. The zero-order chi connectivity index (χ0) is 18.8. The molecule has 0 atom stereocenters. The maximum Gasteiger partial charge on any atom is 0.0644 e. The van der Waals surface area contributed by atoms with Crippen LogP contribution < -0.4 is 21.3 Å². The predicted octanol–water partition coefficient (Wildman–Crippen LogP) is 6.97. The fourth-order valence-corrected chi connectivity index (χ4v) is 3.34. The SMILES string of the molecule is c1ccc(Nc2ccc3c(c2)Nc2cc(Nc4ccccc4)ccc2N3)cc1. The monoisotopic (exact) mass is 364 g/mol. The van der Waals surface area contributed by atoms with E-state index in [2.05, 4.69) is 81.9 Å². The van der Waals surface area contributed by atoms with E-state index in [1.54, 1.807) is 0 Å². The Morgan fingerprint density at radius 2 is 0.821 bits per heavy atom. The zero-order valence-electron chi connectivity index (χ0n) is 15.2. The first-order chi connectivity index (χ1) is 13.8. The quantitative estimate of drug-likeness (QED) is 0.278. The molecule has 0 spiro atoms. The average molecular weight is 364 g/mol. The Labute approximate surface area is 164 Å². The van der Waals surface area contributed by atoms with Gasteiger partial charge in [-0.1, -0.05) is 36.4 Å². The van der Waals surface area contributed by atoms with Crippen molar-refractivity contribution in [2.45, 2.75) is 0 Å². The van der Waals surface area contributed by atoms with E-state index in [0.717, 1.165) is 45.5 Å². The van der Waals surface area contributed by atoms with Crippen molar-refractivity contribution in [3.8, 4) is 0 Å². The first kappa shape index (κ1) is 16.3. The second-order valence-electron chi connectivity index (χ2n) is 6.75. The van der Waals surface area contributed by atoms with Crippen LogP contribution in [-0.2, 0) is 0 Å². The highest BCUT2D eigenvalue weighted by Crippen LogP contribution is 2.41. The van der Waals surface area contributed by atoms with Crippen LogP contribution in [0.2, 0.25) is 0 Å². The number of anilines is 8. The van der Waals surface area contributed by atoms with Crippen molar-refractivity contribution in [1.82, 2.24) is 0 Å². The maximum atomic E-state index is 3.55. The second kappa shape index (κ2) is 7.00. The van der Waals surface area contributed by atoms with Crippen LogP contribution in [0, 0.1) is 0 Å². The third kappa shape index (κ3) is 3.35. The van der Waals surface area contributed by atoms with Gasteiger partial charge in [0, 0.05) is 22.7 Å². The maximum absolute atomic E-state index is 3.55. The third-order valence-electron chi connectivity index (χ3n) is 4.70. The summed E-state index contributed by atoms with van der Waals surface area (Å²) >= 11 is 0. The Hall–Kier alpha value is -3.92. The summed E-state index contributed by atoms with van der Waals surface area (Å²) in [5.41, 5.74) is 8.45. The number of rotatable bonds is 4. The molecule has 0 radical (unpaired) electrons. The van der Waals surface area contributed by atoms with Gasteiger partial charge in [-0.25, -0.2) is 0 Å². The number of hydrogen-bond acceptors (Lipinski definition) is 4. The predicted molar refractivity (Wildman–Crippen MR) is 119 cm³/mol. The molecule has 1 aliphatic rings. The first-order valence-corrected chi connectivity index (χ1v) is 9.30. The molecule has 4 nitrogen and oxygen atoms in total. The molecule has 4 heteroatoms. The summed E-state index contributed by atoms with van der Waals surface area (Å²) < 4.78 is 0. The molecule has 1 aliphatic heterocycles. The van der Waals surface area contributed by atoms with Gasteiger partial charge in [0.1, 0.15) is 0 Å². The Kier molecular flexibility index (Phi) is 4.07. The van der Waals surface area contributed by atoms with E-state index in [-0.39, 0.29) is 0 Å². The smallest absolute Gasteiger partial charge is 0.0644 e. The Morgan fingerprint density at radius 1 is 0.393 bits per heavy atom. The fourth-order valence-electron chi connectivity index (χ4n) is 3.34. The van der Waals surface area contributed by atoms with E-state index in [9.17, 15) is 0 Å². The molecule has 0 fully saturated rings. The van der Waals surface area contributed by atoms with Crippen LogP contribution in [0.15, 0.2) is 97.1 Å². The van der Waals surface area contributed by atoms with Crippen LogP contribution >= 0.6 is 0 Å². The minimum absolute atomic E-state index is 1.04. The normalized spacial score (nSPS) is 11.4. The van der Waals surface area contributed by atoms with Gasteiger partial charge < -0.3 is 21.3 Å². The minimum Gasteiger partial charge on any atom is -0.355 e. The van der Waals surface area contributed by atoms with Crippen molar-refractivity contribution in [2.24, 2.45) is 0 Å². The summed E-state index contributed by atoms with van der Waals surface area (Å²) in [6, 6.07) is 32.9. The molecule has 4 aromatic carbocycles. The molecule has 28 heavy (non-hydrogen) atoms. The van der Waals surface area contributed by atoms with Gasteiger partial charge in [0.15, 0.2) is 0 Å². The average Bonchev–Trinajstić information content (AvgIpc) is 2.74. The first-order valence-electron chi connectivity index (χ1n) is 9.30. The molecule has 0 bridgehead atoms. The molecule has 0 unspecified atom stereocenters. The lowest BCUT2D eigenvalue weighted by atomic mass is 10.1. The molecule has 0 aromatic heterocycles. The topological polar surface area (TPSA) is 48.1 Å². The van der Waals surface area contributed by atoms with Gasteiger partial charge >= 0.3 is 0 Å². The highest BCUT2D eigenvalue weighted by Gasteiger charge is 2.15. The minimum atomic E-state index is 1.04. The summed E-state index contributed by atoms with van der Waals surface area (Å²) in [6.07, 6.45) is 0. The molecule has 4 aromatic rings. The Bertz CT molecular complexity index is 1020. The van der Waals surface area contributed by atoms with Crippen LogP contribution in [0.3, 0.4) is 0 Å². The zero-order valence-corrected chi connectivity index (χ0v) is 15.2. The van der Waals surface area contributed by atoms with Crippen molar-refractivity contribution in [2.75, 3.05) is 21.3 Å². The third-order valence-corrected chi connectivity index (χ3v) is 4.70. The van der Waals surface area contributed by atoms with Crippen LogP contribution in [0.5, 0.6) is 0 Å². The number of benzene rings is 4. The Morgan fingerprint density at radius 3 is 1.29 bits per heavy atom. The van der Waals surface area contributed by atoms with Crippen molar-refractivity contribution < 1.29 is 0 Å². The standard InChI is InChI=1S/C24H20N4/c1-3-7-17(8-4-1)25-19-11-13-21-23(15-19)28-24-16-20(12-14-22(24)27-21)26-18-9-5-2-6-10-18/h1-16,25-28H. The van der Waals surface area contributed by atoms with E-state index in [1.165, 1.54) is 0 Å². The molecule has 1 heterocycles. The number of hydrogen-bond donors (Lipinski definition) is 4. The molecule has 0 saturated heterocycles.